The summed E-state index contributed by atoms with van der Waals surface area (Å²) in [5.41, 5.74) is 0.616. The Labute approximate surface area is 171 Å². The van der Waals surface area contributed by atoms with Gasteiger partial charge in [0.25, 0.3) is 10.0 Å². The Bertz CT molecular complexity index is 951. The van der Waals surface area contributed by atoms with E-state index in [2.05, 4.69) is 5.32 Å². The van der Waals surface area contributed by atoms with Gasteiger partial charge in [0.2, 0.25) is 5.91 Å². The van der Waals surface area contributed by atoms with Gasteiger partial charge < -0.3 is 10.1 Å². The van der Waals surface area contributed by atoms with Crippen LogP contribution in [0.4, 0.5) is 5.69 Å². The molecule has 2 rings (SSSR count). The summed E-state index contributed by atoms with van der Waals surface area (Å²) in [7, 11) is -2.61. The number of rotatable bonds is 6. The normalized spacial score (nSPS) is 11.8. The average molecular weight is 425 g/mol. The maximum Gasteiger partial charge on any atom is 0.264 e. The number of anilines is 1. The van der Waals surface area contributed by atoms with Gasteiger partial charge in [-0.2, -0.15) is 0 Å². The molecule has 2 aromatic carbocycles. The Hall–Kier alpha value is -2.25. The number of amides is 1. The maximum atomic E-state index is 13.4. The predicted molar refractivity (Wildman–Crippen MR) is 112 cm³/mol. The van der Waals surface area contributed by atoms with E-state index in [0.29, 0.717) is 10.8 Å². The molecule has 0 radical (unpaired) electrons. The van der Waals surface area contributed by atoms with Crippen molar-refractivity contribution in [2.24, 2.45) is 0 Å². The lowest BCUT2D eigenvalue weighted by Crippen LogP contribution is -2.47. The minimum atomic E-state index is -4.04. The first-order chi connectivity index (χ1) is 12.9. The van der Waals surface area contributed by atoms with Crippen LogP contribution in [0.1, 0.15) is 26.3 Å². The number of nitrogens with one attached hydrogen (secondary N) is 1. The fourth-order valence-corrected chi connectivity index (χ4v) is 4.17. The summed E-state index contributed by atoms with van der Waals surface area (Å²) in [6.45, 7) is 6.92. The van der Waals surface area contributed by atoms with Crippen LogP contribution in [-0.2, 0) is 14.8 Å². The van der Waals surface area contributed by atoms with E-state index >= 15 is 0 Å². The lowest BCUT2D eigenvalue weighted by molar-refractivity contribution is -0.121. The molecule has 0 aliphatic heterocycles. The first-order valence-corrected chi connectivity index (χ1v) is 10.5. The van der Waals surface area contributed by atoms with Crippen LogP contribution < -0.4 is 14.4 Å². The minimum Gasteiger partial charge on any atom is -0.495 e. The van der Waals surface area contributed by atoms with Crippen molar-refractivity contribution in [1.29, 1.82) is 0 Å². The second kappa shape index (κ2) is 8.41. The van der Waals surface area contributed by atoms with Gasteiger partial charge in [-0.25, -0.2) is 8.42 Å². The van der Waals surface area contributed by atoms with Gasteiger partial charge in [0, 0.05) is 10.6 Å². The molecule has 0 aromatic heterocycles. The molecule has 1 N–H and O–H groups in total. The minimum absolute atomic E-state index is 0.0729. The molecular formula is C20H25ClN2O4S. The third-order valence-electron chi connectivity index (χ3n) is 3.82. The zero-order chi connectivity index (χ0) is 21.1. The van der Waals surface area contributed by atoms with E-state index < -0.39 is 28.0 Å². The Morgan fingerprint density at radius 3 is 2.29 bits per heavy atom. The van der Waals surface area contributed by atoms with Crippen molar-refractivity contribution in [2.45, 2.75) is 38.1 Å². The number of benzene rings is 2. The van der Waals surface area contributed by atoms with Crippen molar-refractivity contribution in [3.63, 3.8) is 0 Å². The second-order valence-electron chi connectivity index (χ2n) is 7.44. The second-order valence-corrected chi connectivity index (χ2v) is 9.74. The van der Waals surface area contributed by atoms with Gasteiger partial charge in [-0.3, -0.25) is 9.10 Å². The van der Waals surface area contributed by atoms with E-state index in [1.54, 1.807) is 24.3 Å². The molecule has 6 nitrogen and oxygen atoms in total. The summed E-state index contributed by atoms with van der Waals surface area (Å²) in [4.78, 5) is 12.6. The topological polar surface area (TPSA) is 75.7 Å². The molecule has 1 amide bonds. The highest BCUT2D eigenvalue weighted by atomic mass is 35.5. The summed E-state index contributed by atoms with van der Waals surface area (Å²) >= 11 is 6.10. The van der Waals surface area contributed by atoms with Gasteiger partial charge in [0.1, 0.15) is 12.3 Å². The molecule has 0 bridgehead atoms. The Balaban J connectivity index is 2.57. The monoisotopic (exact) mass is 424 g/mol. The van der Waals surface area contributed by atoms with Crippen LogP contribution in [0.15, 0.2) is 47.4 Å². The molecule has 0 spiro atoms. The van der Waals surface area contributed by atoms with Crippen LogP contribution in [0.2, 0.25) is 5.02 Å². The van der Waals surface area contributed by atoms with E-state index in [-0.39, 0.29) is 10.6 Å². The number of carbonyl (C=O) groups is 1. The smallest absolute Gasteiger partial charge is 0.264 e. The Kier molecular flexibility index (Phi) is 6.62. The molecule has 0 heterocycles. The zero-order valence-corrected chi connectivity index (χ0v) is 18.2. The van der Waals surface area contributed by atoms with Crippen molar-refractivity contribution in [3.8, 4) is 5.75 Å². The van der Waals surface area contributed by atoms with Gasteiger partial charge in [0.05, 0.1) is 17.7 Å². The van der Waals surface area contributed by atoms with Crippen molar-refractivity contribution in [1.82, 2.24) is 5.32 Å². The van der Waals surface area contributed by atoms with Crippen LogP contribution >= 0.6 is 11.6 Å². The molecule has 28 heavy (non-hydrogen) atoms. The molecule has 0 aliphatic rings. The third-order valence-corrected chi connectivity index (χ3v) is 5.83. The Morgan fingerprint density at radius 1 is 1.14 bits per heavy atom. The number of hydrogen-bond donors (Lipinski definition) is 1. The average Bonchev–Trinajstić information content (AvgIpc) is 2.58. The van der Waals surface area contributed by atoms with Gasteiger partial charge in [0.15, 0.2) is 0 Å². The summed E-state index contributed by atoms with van der Waals surface area (Å²) < 4.78 is 33.1. The summed E-state index contributed by atoms with van der Waals surface area (Å²) in [6, 6.07) is 11.1. The summed E-state index contributed by atoms with van der Waals surface area (Å²) in [6.07, 6.45) is 0. The molecule has 2 aromatic rings. The van der Waals surface area contributed by atoms with E-state index in [9.17, 15) is 13.2 Å². The molecule has 0 saturated heterocycles. The number of carbonyl (C=O) groups excluding carboxylic acids is 1. The van der Waals surface area contributed by atoms with Crippen LogP contribution in [-0.4, -0.2) is 33.5 Å². The van der Waals surface area contributed by atoms with Crippen molar-refractivity contribution >= 4 is 33.2 Å². The van der Waals surface area contributed by atoms with Crippen molar-refractivity contribution in [2.75, 3.05) is 18.0 Å². The molecule has 8 heteroatoms. The van der Waals surface area contributed by atoms with Gasteiger partial charge in [-0.05, 0) is 58.0 Å². The number of halogens is 1. The number of hydrogen-bond acceptors (Lipinski definition) is 4. The Morgan fingerprint density at radius 2 is 1.75 bits per heavy atom. The number of aryl methyl sites for hydroxylation is 1. The standard InChI is InChI=1S/C20H25ClN2O4S/c1-14-6-9-16(10-7-14)28(25,26)23(13-19(24)22-20(2,3)4)17-12-15(21)8-11-18(17)27-5/h6-12H,13H2,1-5H3,(H,22,24). The molecule has 0 atom stereocenters. The van der Waals surface area contributed by atoms with Crippen molar-refractivity contribution in [3.05, 3.63) is 53.1 Å². The summed E-state index contributed by atoms with van der Waals surface area (Å²) in [5.74, 6) is -0.145. The molecule has 0 saturated carbocycles. The van der Waals surface area contributed by atoms with Crippen LogP contribution in [0.25, 0.3) is 0 Å². The number of methoxy groups -OCH3 is 1. The van der Waals surface area contributed by atoms with Crippen molar-refractivity contribution < 1.29 is 17.9 Å². The predicted octanol–water partition coefficient (Wildman–Crippen LogP) is 3.77. The molecule has 0 unspecified atom stereocenters. The van der Waals surface area contributed by atoms with Crippen LogP contribution in [0, 0.1) is 6.92 Å². The molecule has 152 valence electrons. The highest BCUT2D eigenvalue weighted by Crippen LogP contribution is 2.34. The SMILES string of the molecule is COc1ccc(Cl)cc1N(CC(=O)NC(C)(C)C)S(=O)(=O)c1ccc(C)cc1. The molecular weight excluding hydrogens is 400 g/mol. The largest absolute Gasteiger partial charge is 0.495 e. The number of sulfonamides is 1. The highest BCUT2D eigenvalue weighted by Gasteiger charge is 2.30. The molecule has 0 aliphatic carbocycles. The van der Waals surface area contributed by atoms with Gasteiger partial charge in [-0.15, -0.1) is 0 Å². The van der Waals surface area contributed by atoms with E-state index in [4.69, 9.17) is 16.3 Å². The lowest BCUT2D eigenvalue weighted by Gasteiger charge is -2.28. The highest BCUT2D eigenvalue weighted by molar-refractivity contribution is 7.92. The summed E-state index contributed by atoms with van der Waals surface area (Å²) in [5, 5.41) is 3.12. The number of ether oxygens (including phenoxy) is 1. The van der Waals surface area contributed by atoms with E-state index in [0.717, 1.165) is 9.87 Å². The quantitative estimate of drug-likeness (QED) is 0.765. The lowest BCUT2D eigenvalue weighted by atomic mass is 10.1. The number of nitrogens with zero attached hydrogens (tertiary/aromatic N) is 1. The van der Waals surface area contributed by atoms with E-state index in [1.165, 1.54) is 25.3 Å². The first kappa shape index (κ1) is 22.0. The van der Waals surface area contributed by atoms with Crippen LogP contribution in [0.5, 0.6) is 5.75 Å². The van der Waals surface area contributed by atoms with E-state index in [1.807, 2.05) is 27.7 Å². The molecule has 0 fully saturated rings. The first-order valence-electron chi connectivity index (χ1n) is 8.68. The van der Waals surface area contributed by atoms with Gasteiger partial charge >= 0.3 is 0 Å². The van der Waals surface area contributed by atoms with Crippen LogP contribution in [0.3, 0.4) is 0 Å². The van der Waals surface area contributed by atoms with Gasteiger partial charge in [-0.1, -0.05) is 29.3 Å². The fraction of sp³-hybridized carbons (Fsp3) is 0.350. The zero-order valence-electron chi connectivity index (χ0n) is 16.6. The fourth-order valence-electron chi connectivity index (χ4n) is 2.58. The third kappa shape index (κ3) is 5.39. The maximum absolute atomic E-state index is 13.4.